The molecule has 1 N–H and O–H groups in total. The van der Waals surface area contributed by atoms with Crippen LogP contribution < -0.4 is 4.90 Å². The van der Waals surface area contributed by atoms with E-state index in [1.165, 1.54) is 7.11 Å². The Labute approximate surface area is 170 Å². The van der Waals surface area contributed by atoms with Gasteiger partial charge in [-0.25, -0.2) is 9.69 Å². The van der Waals surface area contributed by atoms with Crippen LogP contribution in [0.1, 0.15) is 47.1 Å². The summed E-state index contributed by atoms with van der Waals surface area (Å²) >= 11 is 0. The molecule has 0 radical (unpaired) electrons. The number of methoxy groups -OCH3 is 1. The van der Waals surface area contributed by atoms with E-state index in [2.05, 4.69) is 47.4 Å². The molecule has 0 atom stereocenters. The first kappa shape index (κ1) is 24.1. The lowest BCUT2D eigenvalue weighted by molar-refractivity contribution is -0.114. The van der Waals surface area contributed by atoms with Crippen LogP contribution >= 0.6 is 7.26 Å². The van der Waals surface area contributed by atoms with Crippen LogP contribution in [0.2, 0.25) is 0 Å². The molecule has 154 valence electrons. The minimum Gasteiger partial charge on any atom is -0.452 e. The lowest BCUT2D eigenvalue weighted by Gasteiger charge is -2.38. The number of carbonyl (C=O) groups is 2. The molecule has 0 heterocycles. The first-order valence-electron chi connectivity index (χ1n) is 9.67. The van der Waals surface area contributed by atoms with Crippen molar-refractivity contribution >= 4 is 30.8 Å². The monoisotopic (exact) mass is 405 g/mol. The first-order chi connectivity index (χ1) is 13.0. The van der Waals surface area contributed by atoms with E-state index in [4.69, 9.17) is 10.1 Å². The number of carbonyl (C=O) groups excluding carboxylic acids is 2. The van der Waals surface area contributed by atoms with Gasteiger partial charge in [0.1, 0.15) is 5.57 Å². The van der Waals surface area contributed by atoms with E-state index < -0.39 is 19.3 Å². The Kier molecular flexibility index (Phi) is 8.60. The van der Waals surface area contributed by atoms with Crippen molar-refractivity contribution in [3.63, 3.8) is 0 Å². The molecule has 1 rings (SSSR count). The maximum absolute atomic E-state index is 13.4. The minimum absolute atomic E-state index is 0.233. The third-order valence-corrected chi connectivity index (χ3v) is 12.2. The van der Waals surface area contributed by atoms with Crippen LogP contribution in [-0.2, 0) is 9.53 Å². The van der Waals surface area contributed by atoms with Gasteiger partial charge < -0.3 is 4.74 Å². The maximum atomic E-state index is 13.4. The van der Waals surface area contributed by atoms with Crippen molar-refractivity contribution in [2.24, 2.45) is 0 Å². The predicted molar refractivity (Wildman–Crippen MR) is 120 cm³/mol. The highest BCUT2D eigenvalue weighted by molar-refractivity contribution is 7.78. The van der Waals surface area contributed by atoms with Crippen molar-refractivity contribution in [3.05, 3.63) is 35.4 Å². The van der Waals surface area contributed by atoms with Crippen molar-refractivity contribution in [1.82, 2.24) is 0 Å². The molecule has 1 aromatic carbocycles. The molecule has 0 spiro atoms. The molecule has 0 saturated carbocycles. The van der Waals surface area contributed by atoms with Crippen molar-refractivity contribution in [1.29, 1.82) is 5.41 Å². The van der Waals surface area contributed by atoms with E-state index in [0.29, 0.717) is 28.8 Å². The van der Waals surface area contributed by atoms with Gasteiger partial charge in [-0.3, -0.25) is 10.2 Å². The molecule has 0 fully saturated rings. The van der Waals surface area contributed by atoms with Crippen molar-refractivity contribution < 1.29 is 14.3 Å². The topological polar surface area (TPSA) is 70.5 Å². The number of benzene rings is 1. The fourth-order valence-corrected chi connectivity index (χ4v) is 9.51. The van der Waals surface area contributed by atoms with Gasteiger partial charge in [0.05, 0.1) is 35.9 Å². The summed E-state index contributed by atoms with van der Waals surface area (Å²) in [6.07, 6.45) is -0.271. The number of amides is 2. The quantitative estimate of drug-likeness (QED) is 0.369. The number of nitrogens with zero attached hydrogens (tertiary/aromatic N) is 1. The summed E-state index contributed by atoms with van der Waals surface area (Å²) in [7, 11) is -0.387. The zero-order valence-electron chi connectivity index (χ0n) is 18.4. The van der Waals surface area contributed by atoms with Crippen molar-refractivity contribution in [3.8, 4) is 0 Å². The zero-order chi connectivity index (χ0) is 21.6. The normalized spacial score (nSPS) is 11.5. The number of aryl methyl sites for hydroxylation is 1. The number of imide groups is 1. The number of rotatable bonds is 7. The third-order valence-electron chi connectivity index (χ3n) is 5.55. The van der Waals surface area contributed by atoms with E-state index in [1.54, 1.807) is 18.2 Å². The van der Waals surface area contributed by atoms with E-state index in [9.17, 15) is 9.59 Å². The summed E-state index contributed by atoms with van der Waals surface area (Å²) in [6.45, 7) is 15.0. The highest BCUT2D eigenvalue weighted by atomic mass is 31.2. The number of hydrogen-bond donors (Lipinski definition) is 1. The minimum atomic E-state index is -1.64. The lowest BCUT2D eigenvalue weighted by atomic mass is 10.2. The van der Waals surface area contributed by atoms with E-state index in [-0.39, 0.29) is 5.57 Å². The molecule has 1 aromatic rings. The summed E-state index contributed by atoms with van der Waals surface area (Å²) in [5.74, 6) is 1.83. The van der Waals surface area contributed by atoms with E-state index in [0.717, 1.165) is 10.5 Å². The average Bonchev–Trinajstić information content (AvgIpc) is 2.61. The van der Waals surface area contributed by atoms with Gasteiger partial charge in [0.25, 0.3) is 5.91 Å². The third kappa shape index (κ3) is 4.90. The van der Waals surface area contributed by atoms with Gasteiger partial charge in [0, 0.05) is 7.26 Å². The van der Waals surface area contributed by atoms with Crippen LogP contribution in [0, 0.1) is 12.3 Å². The van der Waals surface area contributed by atoms with Crippen LogP contribution in [0.25, 0.3) is 0 Å². The van der Waals surface area contributed by atoms with E-state index >= 15 is 0 Å². The number of nitrogens with one attached hydrogen (secondary N) is 1. The first-order valence-corrected chi connectivity index (χ1v) is 11.9. The summed E-state index contributed by atoms with van der Waals surface area (Å²) in [4.78, 5) is 26.8. The molecule has 0 saturated heterocycles. The molecule has 6 heteroatoms. The molecule has 0 aromatic heterocycles. The van der Waals surface area contributed by atoms with Crippen LogP contribution in [0.15, 0.2) is 29.8 Å². The summed E-state index contributed by atoms with van der Waals surface area (Å²) < 4.78 is 4.87. The Hall–Kier alpha value is -1.96. The molecule has 0 unspecified atom stereocenters. The van der Waals surface area contributed by atoms with Crippen LogP contribution in [0.3, 0.4) is 0 Å². The van der Waals surface area contributed by atoms with Crippen molar-refractivity contribution in [2.45, 2.75) is 65.4 Å². The van der Waals surface area contributed by atoms with Gasteiger partial charge >= 0.3 is 6.09 Å². The lowest BCUT2D eigenvalue weighted by Crippen LogP contribution is -2.40. The molecular weight excluding hydrogens is 371 g/mol. The molecular formula is C22H34N2O3P+. The van der Waals surface area contributed by atoms with Crippen LogP contribution in [0.4, 0.5) is 10.5 Å². The number of ether oxygens (including phenoxy) is 1. The zero-order valence-corrected chi connectivity index (χ0v) is 19.3. The summed E-state index contributed by atoms with van der Waals surface area (Å²) in [5, 5.41) is 7.82. The molecule has 0 aliphatic carbocycles. The summed E-state index contributed by atoms with van der Waals surface area (Å²) in [6, 6.07) is 7.13. The average molecular weight is 405 g/mol. The largest absolute Gasteiger partial charge is 0.452 e. The Morgan fingerprint density at radius 1 is 1.11 bits per heavy atom. The van der Waals surface area contributed by atoms with Gasteiger partial charge in [0.2, 0.25) is 0 Å². The Morgan fingerprint density at radius 3 is 2.04 bits per heavy atom. The second-order valence-corrected chi connectivity index (χ2v) is 13.4. The van der Waals surface area contributed by atoms with Gasteiger partial charge in [-0.15, -0.1) is 0 Å². The number of anilines is 1. The molecule has 0 aliphatic heterocycles. The fourth-order valence-electron chi connectivity index (χ4n) is 4.07. The summed E-state index contributed by atoms with van der Waals surface area (Å²) in [5.41, 5.74) is 2.79. The van der Waals surface area contributed by atoms with Crippen LogP contribution in [-0.4, -0.2) is 48.1 Å². The molecule has 28 heavy (non-hydrogen) atoms. The van der Waals surface area contributed by atoms with Crippen LogP contribution in [0.5, 0.6) is 0 Å². The highest BCUT2D eigenvalue weighted by Crippen LogP contribution is 2.70. The SMILES string of the molecule is COC(=O)N(C(=O)C(=C=N)C[P+](C(C)C)(C(C)C)C(C)C)c1cccc(C)c1. The van der Waals surface area contributed by atoms with Gasteiger partial charge in [-0.1, -0.05) is 12.1 Å². The Bertz CT molecular complexity index is 743. The number of hydrogen-bond acceptors (Lipinski definition) is 4. The predicted octanol–water partition coefficient (Wildman–Crippen LogP) is 5.51. The van der Waals surface area contributed by atoms with Gasteiger partial charge in [0.15, 0.2) is 0 Å². The van der Waals surface area contributed by atoms with Crippen molar-refractivity contribution in [2.75, 3.05) is 18.2 Å². The molecule has 0 aliphatic rings. The molecule has 2 amide bonds. The Morgan fingerprint density at radius 2 is 1.64 bits per heavy atom. The molecule has 5 nitrogen and oxygen atoms in total. The molecule has 0 bridgehead atoms. The second kappa shape index (κ2) is 10.0. The Balaban J connectivity index is 3.44. The highest BCUT2D eigenvalue weighted by Gasteiger charge is 2.49. The second-order valence-electron chi connectivity index (χ2n) is 7.99. The van der Waals surface area contributed by atoms with Gasteiger partial charge in [-0.2, -0.15) is 0 Å². The fraction of sp³-hybridized carbons (Fsp3) is 0.545. The maximum Gasteiger partial charge on any atom is 0.421 e. The van der Waals surface area contributed by atoms with Gasteiger partial charge in [-0.05, 0) is 72.0 Å². The smallest absolute Gasteiger partial charge is 0.421 e. The standard InChI is InChI=1S/C22H34N2O3P/c1-15(2)28(16(3)4,17(5)6)14-19(13-23)21(25)24(22(26)27-8)20-11-9-10-18(7)12-20/h9-12,15-17,23H,14H2,1-8H3/q+1. The van der Waals surface area contributed by atoms with E-state index in [1.807, 2.05) is 13.0 Å².